The lowest BCUT2D eigenvalue weighted by Gasteiger charge is -2.34. The summed E-state index contributed by atoms with van der Waals surface area (Å²) in [4.78, 5) is 35.8. The van der Waals surface area contributed by atoms with Crippen molar-refractivity contribution in [1.82, 2.24) is 9.55 Å². The molecule has 3 unspecified atom stereocenters. The number of aromatic nitrogens is 2. The fourth-order valence-corrected chi connectivity index (χ4v) is 4.60. The molecule has 1 aliphatic heterocycles. The maximum Gasteiger partial charge on any atom is 0.356 e. The number of aliphatic hydroxyl groups excluding tert-OH is 3. The Bertz CT molecular complexity index is 884. The van der Waals surface area contributed by atoms with Crippen molar-refractivity contribution in [2.24, 2.45) is 0 Å². The zero-order valence-electron chi connectivity index (χ0n) is 16.8. The molecule has 0 radical (unpaired) electrons. The largest absolute Gasteiger partial charge is 0.388 e. The molecule has 166 valence electrons. The fraction of sp³-hybridized carbons (Fsp3) is 0.765. The topological polar surface area (TPSA) is 171 Å². The van der Waals surface area contributed by atoms with Crippen LogP contribution in [0.1, 0.15) is 51.8 Å². The van der Waals surface area contributed by atoms with Gasteiger partial charge in [-0.1, -0.05) is 13.8 Å². The summed E-state index contributed by atoms with van der Waals surface area (Å²) in [6.07, 6.45) is -3.78. The highest BCUT2D eigenvalue weighted by Crippen LogP contribution is 2.53. The van der Waals surface area contributed by atoms with E-state index < -0.39 is 54.8 Å². The molecule has 1 saturated heterocycles. The van der Waals surface area contributed by atoms with E-state index in [1.54, 1.807) is 6.92 Å². The van der Waals surface area contributed by atoms with E-state index in [1.807, 2.05) is 0 Å². The number of hydrogen-bond donors (Lipinski definition) is 5. The van der Waals surface area contributed by atoms with Gasteiger partial charge in [-0.3, -0.25) is 18.9 Å². The van der Waals surface area contributed by atoms with Gasteiger partial charge in [-0.25, -0.2) is 4.79 Å². The van der Waals surface area contributed by atoms with E-state index in [0.29, 0.717) is 0 Å². The van der Waals surface area contributed by atoms with E-state index in [-0.39, 0.29) is 24.8 Å². The zero-order chi connectivity index (χ0) is 22.1. The molecule has 1 aliphatic rings. The number of nitrogens with one attached hydrogen (secondary N) is 1. The summed E-state index contributed by atoms with van der Waals surface area (Å²) in [7, 11) is -4.35. The van der Waals surface area contributed by atoms with Gasteiger partial charge >= 0.3 is 13.3 Å². The van der Waals surface area contributed by atoms with Gasteiger partial charge in [-0.2, -0.15) is 0 Å². The number of nitrogens with zero attached hydrogens (tertiary/aromatic N) is 1. The van der Waals surface area contributed by atoms with Crippen LogP contribution in [0.2, 0.25) is 0 Å². The number of hydrogen-bond acceptors (Lipinski definition) is 8. The summed E-state index contributed by atoms with van der Waals surface area (Å²) in [5.41, 5.74) is -2.42. The van der Waals surface area contributed by atoms with Gasteiger partial charge in [0.2, 0.25) is 0 Å². The highest BCUT2D eigenvalue weighted by Gasteiger charge is 2.48. The van der Waals surface area contributed by atoms with Crippen molar-refractivity contribution in [2.75, 3.05) is 0 Å². The Balaban J connectivity index is 2.25. The predicted octanol–water partition coefficient (Wildman–Crippen LogP) is -0.0466. The minimum absolute atomic E-state index is 0.0192. The number of aryl methyl sites for hydroxylation is 1. The molecule has 0 aromatic carbocycles. The van der Waals surface area contributed by atoms with Crippen molar-refractivity contribution in [3.05, 3.63) is 32.6 Å². The molecule has 11 nitrogen and oxygen atoms in total. The van der Waals surface area contributed by atoms with Crippen LogP contribution in [0.3, 0.4) is 0 Å². The lowest BCUT2D eigenvalue weighted by Crippen LogP contribution is -2.39. The first-order valence-electron chi connectivity index (χ1n) is 9.40. The van der Waals surface area contributed by atoms with Crippen LogP contribution in [0.15, 0.2) is 15.8 Å². The van der Waals surface area contributed by atoms with E-state index >= 15 is 0 Å². The van der Waals surface area contributed by atoms with E-state index in [0.717, 1.165) is 4.57 Å². The third-order valence-corrected chi connectivity index (χ3v) is 7.05. The second-order valence-electron chi connectivity index (χ2n) is 7.58. The van der Waals surface area contributed by atoms with Crippen LogP contribution >= 0.6 is 7.60 Å². The summed E-state index contributed by atoms with van der Waals surface area (Å²) < 4.78 is 24.3. The van der Waals surface area contributed by atoms with Crippen molar-refractivity contribution in [3.8, 4) is 0 Å². The highest BCUT2D eigenvalue weighted by molar-refractivity contribution is 7.53. The second-order valence-corrected chi connectivity index (χ2v) is 9.48. The molecule has 0 aliphatic carbocycles. The highest BCUT2D eigenvalue weighted by atomic mass is 31.2. The molecule has 0 amide bonds. The Morgan fingerprint density at radius 3 is 2.52 bits per heavy atom. The maximum atomic E-state index is 12.3. The van der Waals surface area contributed by atoms with Gasteiger partial charge in [0.25, 0.3) is 5.56 Å². The monoisotopic (exact) mass is 436 g/mol. The van der Waals surface area contributed by atoms with Crippen LogP contribution in [-0.2, 0) is 13.8 Å². The minimum Gasteiger partial charge on any atom is -0.388 e. The van der Waals surface area contributed by atoms with Gasteiger partial charge < -0.3 is 29.5 Å². The second kappa shape index (κ2) is 8.81. The van der Waals surface area contributed by atoms with E-state index in [9.17, 15) is 34.4 Å². The number of H-pyrrole nitrogens is 1. The van der Waals surface area contributed by atoms with Crippen molar-refractivity contribution in [3.63, 3.8) is 0 Å². The minimum atomic E-state index is -4.35. The number of aromatic amines is 1. The Hall–Kier alpha value is -1.33. The molecule has 12 heteroatoms. The van der Waals surface area contributed by atoms with Crippen molar-refractivity contribution in [1.29, 1.82) is 0 Å². The summed E-state index contributed by atoms with van der Waals surface area (Å²) in [6.45, 7) is 6.24. The van der Waals surface area contributed by atoms with Gasteiger partial charge in [-0.05, 0) is 26.7 Å². The molecule has 5 N–H and O–H groups in total. The average molecular weight is 436 g/mol. The molecular formula is C17H29N2O9P. The fourth-order valence-electron chi connectivity index (χ4n) is 3.18. The molecule has 1 aromatic rings. The van der Waals surface area contributed by atoms with Crippen LogP contribution in [0.5, 0.6) is 0 Å². The Morgan fingerprint density at radius 2 is 1.97 bits per heavy atom. The Morgan fingerprint density at radius 1 is 1.34 bits per heavy atom. The van der Waals surface area contributed by atoms with Crippen LogP contribution < -0.4 is 11.2 Å². The lowest BCUT2D eigenvalue weighted by atomic mass is 9.93. The van der Waals surface area contributed by atoms with Gasteiger partial charge in [0.15, 0.2) is 12.1 Å². The molecule has 2 heterocycles. The third kappa shape index (κ3) is 5.05. The molecule has 0 spiro atoms. The maximum absolute atomic E-state index is 12.3. The van der Waals surface area contributed by atoms with Crippen molar-refractivity contribution < 1.29 is 34.0 Å². The first kappa shape index (κ1) is 23.9. The number of aliphatic hydroxyl groups is 3. The van der Waals surface area contributed by atoms with Crippen molar-refractivity contribution >= 4 is 7.60 Å². The Kier molecular flexibility index (Phi) is 7.27. The molecule has 0 bridgehead atoms. The summed E-state index contributed by atoms with van der Waals surface area (Å²) in [5, 5.41) is 30.5. The molecule has 1 aromatic heterocycles. The molecule has 2 rings (SSSR count). The van der Waals surface area contributed by atoms with Gasteiger partial charge in [0, 0.05) is 18.2 Å². The normalized spacial score (nSPS) is 29.9. The zero-order valence-corrected chi connectivity index (χ0v) is 17.7. The van der Waals surface area contributed by atoms with Crippen LogP contribution in [-0.4, -0.2) is 59.5 Å². The van der Waals surface area contributed by atoms with Gasteiger partial charge in [0.1, 0.15) is 12.2 Å². The number of ether oxygens (including phenoxy) is 1. The van der Waals surface area contributed by atoms with Crippen LogP contribution in [0.25, 0.3) is 0 Å². The SMILES string of the molecule is CCC(O)P(=O)(O)OC(C)(CC)C[C@H]1O[C@@H](n2cc(C)c(=O)[nH]c2=O)[C@H](O)[C@@H]1O. The summed E-state index contributed by atoms with van der Waals surface area (Å²) in [6, 6.07) is 0. The quantitative estimate of drug-likeness (QED) is 0.350. The average Bonchev–Trinajstić information content (AvgIpc) is 2.91. The summed E-state index contributed by atoms with van der Waals surface area (Å²) >= 11 is 0. The van der Waals surface area contributed by atoms with Crippen molar-refractivity contribution in [2.45, 2.75) is 82.9 Å². The van der Waals surface area contributed by atoms with E-state index in [2.05, 4.69) is 4.98 Å². The summed E-state index contributed by atoms with van der Waals surface area (Å²) in [5.74, 6) is -1.55. The molecular weight excluding hydrogens is 407 g/mol. The first-order valence-corrected chi connectivity index (χ1v) is 11.0. The van der Waals surface area contributed by atoms with Crippen LogP contribution in [0.4, 0.5) is 0 Å². The first-order chi connectivity index (χ1) is 13.3. The molecule has 0 saturated carbocycles. The van der Waals surface area contributed by atoms with Gasteiger partial charge in [-0.15, -0.1) is 0 Å². The third-order valence-electron chi connectivity index (χ3n) is 5.23. The Labute approximate surface area is 167 Å². The number of rotatable bonds is 8. The van der Waals surface area contributed by atoms with E-state index in [1.165, 1.54) is 27.0 Å². The van der Waals surface area contributed by atoms with Gasteiger partial charge in [0.05, 0.1) is 11.7 Å². The smallest absolute Gasteiger partial charge is 0.356 e. The standard InChI is InChI=1S/C17H29N2O9P/c1-5-11(20)29(25,26)28-17(4,6-2)7-10-12(21)13(22)15(27-10)19-8-9(3)14(23)18-16(19)24/h8,10-13,15,20-22H,5-7H2,1-4H3,(H,25,26)(H,18,23,24)/t10-,11?,12-,13-,15-,17?/m1/s1. The lowest BCUT2D eigenvalue weighted by molar-refractivity contribution is -0.0695. The molecule has 1 fully saturated rings. The molecule has 7 atom stereocenters. The van der Waals surface area contributed by atoms with E-state index in [4.69, 9.17) is 9.26 Å². The molecule has 29 heavy (non-hydrogen) atoms. The van der Waals surface area contributed by atoms with Crippen LogP contribution in [0, 0.1) is 6.92 Å². The predicted molar refractivity (Wildman–Crippen MR) is 103 cm³/mol.